The number of aryl methyl sites for hydroxylation is 2. The highest BCUT2D eigenvalue weighted by Gasteiger charge is 2.36. The van der Waals surface area contributed by atoms with Crippen molar-refractivity contribution in [2.45, 2.75) is 44.4 Å². The van der Waals surface area contributed by atoms with Gasteiger partial charge in [0.2, 0.25) is 27.6 Å². The molecule has 2 aliphatic rings. The minimum atomic E-state index is -3.68. The Kier molecular flexibility index (Phi) is 5.28. The summed E-state index contributed by atoms with van der Waals surface area (Å²) in [6, 6.07) is 1.62. The van der Waals surface area contributed by atoms with E-state index in [1.54, 1.807) is 19.9 Å². The van der Waals surface area contributed by atoms with E-state index in [9.17, 15) is 13.2 Å². The molecule has 0 aliphatic carbocycles. The van der Waals surface area contributed by atoms with Gasteiger partial charge in [-0.15, -0.1) is 11.3 Å². The standard InChI is InChI=1S/C18H24N4O4S2/c1-12-16(10-15(27-12)17-19-13(2)26-20-17)28(24,25)22-9-5-6-14(11-22)18(23)21-7-3-4-8-21/h10,14H,3-9,11H2,1-2H3/t14-/m0/s1. The SMILES string of the molecule is Cc1nc(-c2cc(S(=O)(=O)N3CCC[C@H](C(=O)N4CCCC4)C3)c(C)s2)no1. The fraction of sp³-hybridized carbons (Fsp3) is 0.611. The second-order valence-electron chi connectivity index (χ2n) is 7.40. The van der Waals surface area contributed by atoms with Crippen molar-refractivity contribution in [3.63, 3.8) is 0 Å². The quantitative estimate of drug-likeness (QED) is 0.748. The Morgan fingerprint density at radius 2 is 1.96 bits per heavy atom. The maximum atomic E-state index is 13.3. The van der Waals surface area contributed by atoms with Gasteiger partial charge in [0.1, 0.15) is 0 Å². The second-order valence-corrected chi connectivity index (χ2v) is 10.6. The minimum Gasteiger partial charge on any atom is -0.342 e. The van der Waals surface area contributed by atoms with Crippen LogP contribution >= 0.6 is 11.3 Å². The predicted octanol–water partition coefficient (Wildman–Crippen LogP) is 2.44. The summed E-state index contributed by atoms with van der Waals surface area (Å²) in [5, 5.41) is 3.88. The molecule has 0 aromatic carbocycles. The number of likely N-dealkylation sites (tertiary alicyclic amines) is 1. The van der Waals surface area contributed by atoms with Crippen LogP contribution < -0.4 is 0 Å². The van der Waals surface area contributed by atoms with Gasteiger partial charge in [0.25, 0.3) is 0 Å². The van der Waals surface area contributed by atoms with Crippen molar-refractivity contribution in [3.8, 4) is 10.7 Å². The molecule has 0 bridgehead atoms. The molecule has 0 radical (unpaired) electrons. The van der Waals surface area contributed by atoms with E-state index in [1.165, 1.54) is 15.6 Å². The van der Waals surface area contributed by atoms with Crippen molar-refractivity contribution in [1.29, 1.82) is 0 Å². The van der Waals surface area contributed by atoms with Crippen LogP contribution in [0.4, 0.5) is 0 Å². The van der Waals surface area contributed by atoms with Gasteiger partial charge >= 0.3 is 0 Å². The summed E-state index contributed by atoms with van der Waals surface area (Å²) in [5.74, 6) is 0.680. The molecule has 1 amide bonds. The fourth-order valence-electron chi connectivity index (χ4n) is 3.93. The normalized spacial score (nSPS) is 21.4. The lowest BCUT2D eigenvalue weighted by Gasteiger charge is -2.33. The molecule has 2 fully saturated rings. The second kappa shape index (κ2) is 7.57. The maximum absolute atomic E-state index is 13.3. The summed E-state index contributed by atoms with van der Waals surface area (Å²) in [4.78, 5) is 20.4. The zero-order chi connectivity index (χ0) is 19.9. The lowest BCUT2D eigenvalue weighted by atomic mass is 9.98. The highest BCUT2D eigenvalue weighted by atomic mass is 32.2. The van der Waals surface area contributed by atoms with Crippen LogP contribution in [0.15, 0.2) is 15.5 Å². The third kappa shape index (κ3) is 3.60. The first-order valence-electron chi connectivity index (χ1n) is 9.56. The largest absolute Gasteiger partial charge is 0.342 e. The van der Waals surface area contributed by atoms with E-state index in [2.05, 4.69) is 10.1 Å². The van der Waals surface area contributed by atoms with Crippen LogP contribution in [-0.2, 0) is 14.8 Å². The summed E-state index contributed by atoms with van der Waals surface area (Å²) in [6.45, 7) is 5.75. The van der Waals surface area contributed by atoms with Gasteiger partial charge in [0.05, 0.1) is 15.7 Å². The maximum Gasteiger partial charge on any atom is 0.244 e. The van der Waals surface area contributed by atoms with Crippen molar-refractivity contribution in [1.82, 2.24) is 19.3 Å². The summed E-state index contributed by atoms with van der Waals surface area (Å²) in [7, 11) is -3.68. The molecule has 10 heteroatoms. The summed E-state index contributed by atoms with van der Waals surface area (Å²) in [5.41, 5.74) is 0. The first-order valence-corrected chi connectivity index (χ1v) is 11.8. The molecule has 2 aromatic rings. The number of carbonyl (C=O) groups is 1. The molecule has 4 heterocycles. The highest BCUT2D eigenvalue weighted by molar-refractivity contribution is 7.89. The molecule has 2 aliphatic heterocycles. The smallest absolute Gasteiger partial charge is 0.244 e. The third-order valence-electron chi connectivity index (χ3n) is 5.39. The van der Waals surface area contributed by atoms with Crippen LogP contribution in [0.25, 0.3) is 10.7 Å². The van der Waals surface area contributed by atoms with Crippen LogP contribution in [0, 0.1) is 19.8 Å². The molecular weight excluding hydrogens is 400 g/mol. The zero-order valence-electron chi connectivity index (χ0n) is 16.0. The number of amides is 1. The lowest BCUT2D eigenvalue weighted by molar-refractivity contribution is -0.135. The number of hydrogen-bond donors (Lipinski definition) is 0. The van der Waals surface area contributed by atoms with E-state index >= 15 is 0 Å². The zero-order valence-corrected chi connectivity index (χ0v) is 17.7. The van der Waals surface area contributed by atoms with E-state index in [1.807, 2.05) is 4.90 Å². The number of sulfonamides is 1. The molecule has 4 rings (SSSR count). The van der Waals surface area contributed by atoms with E-state index < -0.39 is 10.0 Å². The number of nitrogens with zero attached hydrogens (tertiary/aromatic N) is 4. The molecule has 28 heavy (non-hydrogen) atoms. The van der Waals surface area contributed by atoms with E-state index in [0.717, 1.165) is 32.4 Å². The Hall–Kier alpha value is -1.78. The summed E-state index contributed by atoms with van der Waals surface area (Å²) < 4.78 is 33.1. The number of thiophene rings is 1. The van der Waals surface area contributed by atoms with Crippen molar-refractivity contribution in [2.24, 2.45) is 5.92 Å². The van der Waals surface area contributed by atoms with Gasteiger partial charge < -0.3 is 9.42 Å². The number of aromatic nitrogens is 2. The predicted molar refractivity (Wildman–Crippen MR) is 104 cm³/mol. The van der Waals surface area contributed by atoms with Crippen LogP contribution in [0.3, 0.4) is 0 Å². The van der Waals surface area contributed by atoms with E-state index in [0.29, 0.717) is 34.4 Å². The van der Waals surface area contributed by atoms with Gasteiger partial charge in [0.15, 0.2) is 0 Å². The molecule has 8 nitrogen and oxygen atoms in total. The molecule has 0 unspecified atom stereocenters. The van der Waals surface area contributed by atoms with Gasteiger partial charge in [-0.3, -0.25) is 4.79 Å². The van der Waals surface area contributed by atoms with Crippen LogP contribution in [0.1, 0.15) is 36.5 Å². The molecule has 152 valence electrons. The van der Waals surface area contributed by atoms with Crippen LogP contribution in [-0.4, -0.2) is 59.8 Å². The number of hydrogen-bond acceptors (Lipinski definition) is 7. The Morgan fingerprint density at radius 1 is 1.21 bits per heavy atom. The molecule has 0 saturated carbocycles. The van der Waals surface area contributed by atoms with Gasteiger partial charge in [-0.25, -0.2) is 8.42 Å². The van der Waals surface area contributed by atoms with Crippen molar-refractivity contribution >= 4 is 27.3 Å². The Bertz CT molecular complexity index is 976. The Morgan fingerprint density at radius 3 is 2.64 bits per heavy atom. The molecule has 1 atom stereocenters. The van der Waals surface area contributed by atoms with E-state index in [4.69, 9.17) is 4.52 Å². The molecule has 2 saturated heterocycles. The fourth-order valence-corrected chi connectivity index (χ4v) is 6.94. The van der Waals surface area contributed by atoms with Gasteiger partial charge in [-0.05, 0) is 38.7 Å². The topological polar surface area (TPSA) is 96.6 Å². The number of carbonyl (C=O) groups excluding carboxylic acids is 1. The van der Waals surface area contributed by atoms with Gasteiger partial charge in [0, 0.05) is 38.0 Å². The first kappa shape index (κ1) is 19.5. The molecule has 0 spiro atoms. The van der Waals surface area contributed by atoms with Crippen molar-refractivity contribution in [2.75, 3.05) is 26.2 Å². The average molecular weight is 425 g/mol. The van der Waals surface area contributed by atoms with Crippen LogP contribution in [0.2, 0.25) is 0 Å². The Labute approximate surface area is 168 Å². The molecule has 0 N–H and O–H groups in total. The summed E-state index contributed by atoms with van der Waals surface area (Å²) >= 11 is 1.33. The lowest BCUT2D eigenvalue weighted by Crippen LogP contribution is -2.46. The highest BCUT2D eigenvalue weighted by Crippen LogP contribution is 2.35. The molecular formula is C18H24N4O4S2. The van der Waals surface area contributed by atoms with Gasteiger partial charge in [-0.1, -0.05) is 5.16 Å². The number of rotatable bonds is 4. The monoisotopic (exact) mass is 424 g/mol. The van der Waals surface area contributed by atoms with Gasteiger partial charge in [-0.2, -0.15) is 9.29 Å². The average Bonchev–Trinajstić information content (AvgIpc) is 3.42. The van der Waals surface area contributed by atoms with E-state index in [-0.39, 0.29) is 23.3 Å². The van der Waals surface area contributed by atoms with Crippen molar-refractivity contribution < 1.29 is 17.7 Å². The minimum absolute atomic E-state index is 0.0994. The number of piperidine rings is 1. The Balaban J connectivity index is 1.56. The third-order valence-corrected chi connectivity index (χ3v) is 8.56. The first-order chi connectivity index (χ1) is 13.4. The van der Waals surface area contributed by atoms with Crippen LogP contribution in [0.5, 0.6) is 0 Å². The van der Waals surface area contributed by atoms with Crippen molar-refractivity contribution in [3.05, 3.63) is 16.8 Å². The summed E-state index contributed by atoms with van der Waals surface area (Å²) in [6.07, 6.45) is 3.51. The molecule has 2 aromatic heterocycles.